The predicted octanol–water partition coefficient (Wildman–Crippen LogP) is 5.75. The fourth-order valence-corrected chi connectivity index (χ4v) is 6.36. The van der Waals surface area contributed by atoms with Gasteiger partial charge in [-0.1, -0.05) is 67.1 Å². The summed E-state index contributed by atoms with van der Waals surface area (Å²) in [5.41, 5.74) is 3.91. The molecule has 0 spiro atoms. The van der Waals surface area contributed by atoms with Gasteiger partial charge in [-0.2, -0.15) is 0 Å². The summed E-state index contributed by atoms with van der Waals surface area (Å²) in [6.45, 7) is 7.01. The van der Waals surface area contributed by atoms with E-state index in [2.05, 4.69) is 58.1 Å². The van der Waals surface area contributed by atoms with Crippen LogP contribution >= 0.6 is 11.8 Å². The molecule has 0 unspecified atom stereocenters. The number of carboxylic acids is 4. The summed E-state index contributed by atoms with van der Waals surface area (Å²) in [6.07, 6.45) is 7.17. The maximum absolute atomic E-state index is 13.1. The lowest BCUT2D eigenvalue weighted by Crippen LogP contribution is -2.44. The van der Waals surface area contributed by atoms with E-state index < -0.39 is 23.9 Å². The Labute approximate surface area is 301 Å². The Balaban J connectivity index is 0.000000366. The summed E-state index contributed by atoms with van der Waals surface area (Å²) < 4.78 is 0. The molecule has 5 rings (SSSR count). The molecule has 2 aliphatic rings. The number of unbranched alkanes of at least 4 members (excludes halogenated alkanes) is 3. The van der Waals surface area contributed by atoms with E-state index in [9.17, 15) is 24.0 Å². The van der Waals surface area contributed by atoms with Gasteiger partial charge in [-0.25, -0.2) is 19.2 Å². The molecule has 51 heavy (non-hydrogen) atoms. The first-order chi connectivity index (χ1) is 24.4. The molecular weight excluding hydrogens is 674 g/mol. The topological polar surface area (TPSA) is 176 Å². The number of carbonyl (C=O) groups is 5. The van der Waals surface area contributed by atoms with E-state index >= 15 is 0 Å². The number of piperazine rings is 1. The van der Waals surface area contributed by atoms with Crippen LogP contribution in [0.15, 0.2) is 107 Å². The number of anilines is 2. The van der Waals surface area contributed by atoms with Crippen molar-refractivity contribution in [3.63, 3.8) is 0 Å². The third-order valence-electron chi connectivity index (χ3n) is 7.86. The van der Waals surface area contributed by atoms with Crippen molar-refractivity contribution in [1.29, 1.82) is 0 Å². The number of carboxylic acid groups (broad SMARTS) is 4. The van der Waals surface area contributed by atoms with Crippen molar-refractivity contribution in [3.8, 4) is 0 Å². The molecule has 4 N–H and O–H groups in total. The first kappa shape index (κ1) is 40.2. The largest absolute Gasteiger partial charge is 0.478 e. The minimum atomic E-state index is -1.26. The molecule has 2 heterocycles. The summed E-state index contributed by atoms with van der Waals surface area (Å²) >= 11 is 1.80. The van der Waals surface area contributed by atoms with E-state index in [0.29, 0.717) is 24.3 Å². The number of aliphatic carboxylic acids is 4. The molecule has 0 bridgehead atoms. The second kappa shape index (κ2) is 21.1. The number of ketones is 1. The molecule has 13 heteroatoms. The highest BCUT2D eigenvalue weighted by atomic mass is 32.2. The predicted molar refractivity (Wildman–Crippen MR) is 195 cm³/mol. The van der Waals surface area contributed by atoms with E-state index in [4.69, 9.17) is 20.4 Å². The molecule has 1 saturated heterocycles. The SMILES string of the molecule is CN1CCN(CCCCCCN2c3ccccc3Sc3ccc(C(=O)c4ccccc4)cc32)CC1.O=C(O)/C=C\C(=O)O.O=C(O)/C=C\C(=O)O. The van der Waals surface area contributed by atoms with Gasteiger partial charge in [0.2, 0.25) is 0 Å². The first-order valence-electron chi connectivity index (χ1n) is 16.4. The Hall–Kier alpha value is -5.24. The quantitative estimate of drug-likeness (QED) is 0.0956. The second-order valence-electron chi connectivity index (χ2n) is 11.7. The number of hydrogen-bond donors (Lipinski definition) is 4. The van der Waals surface area contributed by atoms with E-state index in [-0.39, 0.29) is 5.78 Å². The van der Waals surface area contributed by atoms with E-state index in [1.165, 1.54) is 67.5 Å². The molecule has 0 atom stereocenters. The number of rotatable bonds is 13. The van der Waals surface area contributed by atoms with Gasteiger partial charge in [-0.05, 0) is 56.8 Å². The Bertz CT molecular complexity index is 1640. The van der Waals surface area contributed by atoms with Gasteiger partial charge in [0.1, 0.15) is 0 Å². The molecule has 0 aromatic heterocycles. The number of nitrogens with zero attached hydrogens (tertiary/aromatic N) is 3. The van der Waals surface area contributed by atoms with Crippen molar-refractivity contribution < 1.29 is 44.4 Å². The van der Waals surface area contributed by atoms with Crippen LogP contribution in [-0.2, 0) is 19.2 Å². The highest BCUT2D eigenvalue weighted by molar-refractivity contribution is 7.99. The fraction of sp³-hybridized carbons (Fsp3) is 0.289. The van der Waals surface area contributed by atoms with Crippen LogP contribution in [0.1, 0.15) is 41.6 Å². The minimum Gasteiger partial charge on any atom is -0.478 e. The molecule has 0 saturated carbocycles. The number of para-hydroxylation sites is 1. The molecule has 270 valence electrons. The van der Waals surface area contributed by atoms with Gasteiger partial charge in [0.05, 0.1) is 11.4 Å². The minimum absolute atomic E-state index is 0.0844. The molecule has 0 radical (unpaired) electrons. The Morgan fingerprint density at radius 3 is 1.67 bits per heavy atom. The average Bonchev–Trinajstić information content (AvgIpc) is 3.12. The third-order valence-corrected chi connectivity index (χ3v) is 8.99. The Kier molecular flexibility index (Phi) is 16.6. The van der Waals surface area contributed by atoms with Gasteiger partial charge < -0.3 is 35.1 Å². The van der Waals surface area contributed by atoms with Gasteiger partial charge in [0.25, 0.3) is 0 Å². The fourth-order valence-electron chi connectivity index (χ4n) is 5.28. The zero-order valence-electron chi connectivity index (χ0n) is 28.4. The summed E-state index contributed by atoms with van der Waals surface area (Å²) in [6, 6.07) is 24.4. The third kappa shape index (κ3) is 14.3. The highest BCUT2D eigenvalue weighted by Gasteiger charge is 2.24. The van der Waals surface area contributed by atoms with Gasteiger partial charge in [0.15, 0.2) is 5.78 Å². The number of hydrogen-bond acceptors (Lipinski definition) is 9. The summed E-state index contributed by atoms with van der Waals surface area (Å²) in [7, 11) is 2.22. The van der Waals surface area contributed by atoms with Crippen molar-refractivity contribution in [2.45, 2.75) is 35.5 Å². The summed E-state index contributed by atoms with van der Waals surface area (Å²) in [5, 5.41) is 31.2. The lowest BCUT2D eigenvalue weighted by Gasteiger charge is -2.33. The lowest BCUT2D eigenvalue weighted by molar-refractivity contribution is -0.134. The van der Waals surface area contributed by atoms with Crippen LogP contribution in [0, 0.1) is 0 Å². The number of benzene rings is 3. The van der Waals surface area contributed by atoms with Gasteiger partial charge in [-0.15, -0.1) is 0 Å². The van der Waals surface area contributed by atoms with Crippen LogP contribution in [0.3, 0.4) is 0 Å². The van der Waals surface area contributed by atoms with Crippen molar-refractivity contribution in [2.24, 2.45) is 0 Å². The lowest BCUT2D eigenvalue weighted by atomic mass is 10.0. The second-order valence-corrected chi connectivity index (χ2v) is 12.8. The van der Waals surface area contributed by atoms with Crippen LogP contribution in [0.2, 0.25) is 0 Å². The summed E-state index contributed by atoms with van der Waals surface area (Å²) in [5.74, 6) is -4.94. The van der Waals surface area contributed by atoms with Crippen LogP contribution < -0.4 is 4.90 Å². The zero-order chi connectivity index (χ0) is 37.2. The van der Waals surface area contributed by atoms with E-state index in [1.54, 1.807) is 11.8 Å². The van der Waals surface area contributed by atoms with Crippen LogP contribution in [0.4, 0.5) is 11.4 Å². The molecule has 12 nitrogen and oxygen atoms in total. The van der Waals surface area contributed by atoms with E-state index in [1.807, 2.05) is 36.4 Å². The smallest absolute Gasteiger partial charge is 0.328 e. The maximum Gasteiger partial charge on any atom is 0.328 e. The van der Waals surface area contributed by atoms with Gasteiger partial charge in [0, 0.05) is 77.9 Å². The van der Waals surface area contributed by atoms with Crippen molar-refractivity contribution in [2.75, 3.05) is 51.2 Å². The monoisotopic (exact) mass is 717 g/mol. The first-order valence-corrected chi connectivity index (χ1v) is 17.2. The highest BCUT2D eigenvalue weighted by Crippen LogP contribution is 2.48. The van der Waals surface area contributed by atoms with Crippen LogP contribution in [0.5, 0.6) is 0 Å². The van der Waals surface area contributed by atoms with Crippen LogP contribution in [0.25, 0.3) is 0 Å². The molecule has 1 fully saturated rings. The molecule has 0 amide bonds. The van der Waals surface area contributed by atoms with Gasteiger partial charge >= 0.3 is 23.9 Å². The van der Waals surface area contributed by atoms with Gasteiger partial charge in [-0.3, -0.25) is 4.79 Å². The standard InChI is InChI=1S/C30H35N3OS.2C4H4O4/c1-31-19-21-32(22-20-31)17-9-2-3-10-18-33-26-13-7-8-14-28(26)35-29-16-15-25(23-27(29)33)30(34)24-11-5-4-6-12-24;2*5-3(6)1-2-4(7)8/h4-8,11-16,23H,2-3,9-10,17-22H2,1H3;2*1-2H,(H,5,6)(H,7,8)/b;2*2-1-. The Morgan fingerprint density at radius 1 is 0.588 bits per heavy atom. The number of carbonyl (C=O) groups excluding carboxylic acids is 1. The van der Waals surface area contributed by atoms with E-state index in [0.717, 1.165) is 29.8 Å². The molecule has 3 aromatic carbocycles. The zero-order valence-corrected chi connectivity index (χ0v) is 29.2. The molecule has 0 aliphatic carbocycles. The number of likely N-dealkylation sites (N-methyl/N-ethyl adjacent to an activating group) is 1. The maximum atomic E-state index is 13.1. The normalized spacial score (nSPS) is 14.0. The molecule has 2 aliphatic heterocycles. The average molecular weight is 718 g/mol. The van der Waals surface area contributed by atoms with Crippen molar-refractivity contribution >= 4 is 52.8 Å². The molecular formula is C38H43N3O9S. The number of fused-ring (bicyclic) bond motifs is 2. The summed E-state index contributed by atoms with van der Waals surface area (Å²) in [4.78, 5) is 61.3. The van der Waals surface area contributed by atoms with Crippen LogP contribution in [-0.4, -0.2) is 106 Å². The van der Waals surface area contributed by atoms with Crippen molar-refractivity contribution in [1.82, 2.24) is 9.80 Å². The van der Waals surface area contributed by atoms with Crippen molar-refractivity contribution in [3.05, 3.63) is 108 Å². The molecule has 3 aromatic rings. The Morgan fingerprint density at radius 2 is 1.10 bits per heavy atom.